The summed E-state index contributed by atoms with van der Waals surface area (Å²) in [5.74, 6) is -1.62. The molecule has 2 aliphatic carbocycles. The molecule has 2 amide bonds. The molecule has 0 aromatic heterocycles. The number of carboxylic acids is 1. The first-order valence-corrected chi connectivity index (χ1v) is 11.8. The van der Waals surface area contributed by atoms with Crippen molar-refractivity contribution in [3.05, 3.63) is 59.7 Å². The molecule has 0 radical (unpaired) electrons. The van der Waals surface area contributed by atoms with E-state index in [-0.39, 0.29) is 17.9 Å². The quantitative estimate of drug-likeness (QED) is 0.535. The number of benzene rings is 2. The third-order valence-electron chi connectivity index (χ3n) is 6.66. The van der Waals surface area contributed by atoms with Crippen LogP contribution in [-0.2, 0) is 14.3 Å². The highest BCUT2D eigenvalue weighted by atomic mass is 16.5. The van der Waals surface area contributed by atoms with Crippen LogP contribution < -0.4 is 10.6 Å². The SMILES string of the molecule is CC(C)(C)CCC(NC(=O)C1(NC(=O)OCC2c3ccccc3-c3ccccc32)CC1)C(=O)O. The van der Waals surface area contributed by atoms with Gasteiger partial charge in [0.05, 0.1) is 0 Å². The molecule has 1 unspecified atom stereocenters. The number of alkyl carbamates (subject to hydrolysis) is 1. The Hall–Kier alpha value is -3.35. The van der Waals surface area contributed by atoms with Crippen LogP contribution in [0.1, 0.15) is 63.5 Å². The summed E-state index contributed by atoms with van der Waals surface area (Å²) in [6.07, 6.45) is 1.21. The van der Waals surface area contributed by atoms with E-state index in [1.165, 1.54) is 0 Å². The van der Waals surface area contributed by atoms with Gasteiger partial charge >= 0.3 is 12.1 Å². The lowest BCUT2D eigenvalue weighted by Gasteiger charge is -2.24. The van der Waals surface area contributed by atoms with E-state index in [1.807, 2.05) is 57.2 Å². The monoisotopic (exact) mass is 464 g/mol. The van der Waals surface area contributed by atoms with Gasteiger partial charge in [-0.15, -0.1) is 0 Å². The molecule has 0 bridgehead atoms. The number of carbonyl (C=O) groups excluding carboxylic acids is 2. The second-order valence-corrected chi connectivity index (χ2v) is 10.5. The van der Waals surface area contributed by atoms with Gasteiger partial charge in [0.15, 0.2) is 0 Å². The molecule has 2 aromatic carbocycles. The highest BCUT2D eigenvalue weighted by Gasteiger charge is 2.52. The van der Waals surface area contributed by atoms with E-state index in [4.69, 9.17) is 4.74 Å². The molecule has 1 fully saturated rings. The summed E-state index contributed by atoms with van der Waals surface area (Å²) in [5.41, 5.74) is 3.35. The van der Waals surface area contributed by atoms with E-state index < -0.39 is 29.6 Å². The molecule has 7 nitrogen and oxygen atoms in total. The van der Waals surface area contributed by atoms with Gasteiger partial charge < -0.3 is 20.5 Å². The van der Waals surface area contributed by atoms with Gasteiger partial charge in [-0.1, -0.05) is 69.3 Å². The predicted octanol–water partition coefficient (Wildman–Crippen LogP) is 4.45. The van der Waals surface area contributed by atoms with Gasteiger partial charge in [-0.05, 0) is 53.4 Å². The van der Waals surface area contributed by atoms with Gasteiger partial charge in [0, 0.05) is 5.92 Å². The van der Waals surface area contributed by atoms with Gasteiger partial charge in [-0.2, -0.15) is 0 Å². The fourth-order valence-electron chi connectivity index (χ4n) is 4.49. The van der Waals surface area contributed by atoms with Gasteiger partial charge in [0.25, 0.3) is 0 Å². The maximum absolute atomic E-state index is 12.8. The van der Waals surface area contributed by atoms with E-state index in [1.54, 1.807) is 0 Å². The third kappa shape index (κ3) is 5.08. The molecule has 0 saturated heterocycles. The minimum atomic E-state index is -1.10. The summed E-state index contributed by atoms with van der Waals surface area (Å²) in [4.78, 5) is 37.1. The van der Waals surface area contributed by atoms with E-state index in [2.05, 4.69) is 22.8 Å². The molecule has 0 spiro atoms. The van der Waals surface area contributed by atoms with Crippen LogP contribution in [-0.4, -0.2) is 41.3 Å². The molecule has 3 N–H and O–H groups in total. The van der Waals surface area contributed by atoms with Crippen molar-refractivity contribution in [3.8, 4) is 11.1 Å². The number of amides is 2. The number of rotatable bonds is 8. The Labute approximate surface area is 199 Å². The Bertz CT molecular complexity index is 1050. The topological polar surface area (TPSA) is 105 Å². The summed E-state index contributed by atoms with van der Waals surface area (Å²) in [7, 11) is 0. The third-order valence-corrected chi connectivity index (χ3v) is 6.66. The molecule has 0 heterocycles. The molecule has 34 heavy (non-hydrogen) atoms. The molecule has 1 atom stereocenters. The van der Waals surface area contributed by atoms with Crippen molar-refractivity contribution in [1.29, 1.82) is 0 Å². The summed E-state index contributed by atoms with van der Waals surface area (Å²) >= 11 is 0. The smallest absolute Gasteiger partial charge is 0.408 e. The Kier molecular flexibility index (Phi) is 6.39. The minimum absolute atomic E-state index is 0.0464. The van der Waals surface area contributed by atoms with Crippen LogP contribution in [0, 0.1) is 5.41 Å². The first-order chi connectivity index (χ1) is 16.1. The van der Waals surface area contributed by atoms with Crippen LogP contribution in [0.15, 0.2) is 48.5 Å². The van der Waals surface area contributed by atoms with E-state index in [9.17, 15) is 19.5 Å². The minimum Gasteiger partial charge on any atom is -0.480 e. The Morgan fingerprint density at radius 2 is 1.59 bits per heavy atom. The second-order valence-electron chi connectivity index (χ2n) is 10.5. The maximum Gasteiger partial charge on any atom is 0.408 e. The predicted molar refractivity (Wildman–Crippen MR) is 128 cm³/mol. The fraction of sp³-hybridized carbons (Fsp3) is 0.444. The number of nitrogens with one attached hydrogen (secondary N) is 2. The van der Waals surface area contributed by atoms with Crippen molar-refractivity contribution in [3.63, 3.8) is 0 Å². The number of ether oxygens (including phenoxy) is 1. The summed E-state index contributed by atoms with van der Waals surface area (Å²) in [6, 6.07) is 15.2. The zero-order valence-corrected chi connectivity index (χ0v) is 19.9. The molecule has 2 aliphatic rings. The normalized spacial score (nSPS) is 16.7. The van der Waals surface area contributed by atoms with Crippen molar-refractivity contribution in [2.75, 3.05) is 6.61 Å². The summed E-state index contributed by atoms with van der Waals surface area (Å²) in [5, 5.41) is 14.8. The lowest BCUT2D eigenvalue weighted by molar-refractivity contribution is -0.142. The zero-order valence-electron chi connectivity index (χ0n) is 19.9. The average molecular weight is 465 g/mol. The molecular weight excluding hydrogens is 432 g/mol. The van der Waals surface area contributed by atoms with Crippen LogP contribution >= 0.6 is 0 Å². The van der Waals surface area contributed by atoms with Crippen LogP contribution in [0.2, 0.25) is 0 Å². The average Bonchev–Trinajstić information content (AvgIpc) is 3.50. The fourth-order valence-corrected chi connectivity index (χ4v) is 4.49. The van der Waals surface area contributed by atoms with Crippen LogP contribution in [0.3, 0.4) is 0 Å². The summed E-state index contributed by atoms with van der Waals surface area (Å²) < 4.78 is 5.56. The van der Waals surface area contributed by atoms with Gasteiger partial charge in [-0.3, -0.25) is 4.79 Å². The lowest BCUT2D eigenvalue weighted by Crippen LogP contribution is -2.53. The maximum atomic E-state index is 12.8. The lowest BCUT2D eigenvalue weighted by atomic mass is 9.88. The van der Waals surface area contributed by atoms with Gasteiger partial charge in [0.2, 0.25) is 5.91 Å². The number of fused-ring (bicyclic) bond motifs is 3. The number of aliphatic carboxylic acids is 1. The molecule has 180 valence electrons. The highest BCUT2D eigenvalue weighted by Crippen LogP contribution is 2.44. The summed E-state index contributed by atoms with van der Waals surface area (Å²) in [6.45, 7) is 6.22. The van der Waals surface area contributed by atoms with Crippen LogP contribution in [0.4, 0.5) is 4.79 Å². The zero-order chi connectivity index (χ0) is 24.5. The molecule has 0 aliphatic heterocycles. The first kappa shape index (κ1) is 23.8. The van der Waals surface area contributed by atoms with Crippen LogP contribution in [0.25, 0.3) is 11.1 Å². The first-order valence-electron chi connectivity index (χ1n) is 11.8. The van der Waals surface area contributed by atoms with E-state index >= 15 is 0 Å². The van der Waals surface area contributed by atoms with E-state index in [0.29, 0.717) is 25.7 Å². The van der Waals surface area contributed by atoms with Crippen LogP contribution in [0.5, 0.6) is 0 Å². The van der Waals surface area contributed by atoms with Crippen molar-refractivity contribution in [2.24, 2.45) is 5.41 Å². The Morgan fingerprint density at radius 3 is 2.09 bits per heavy atom. The molecule has 7 heteroatoms. The number of carboxylic acid groups (broad SMARTS) is 1. The van der Waals surface area contributed by atoms with Crippen molar-refractivity contribution >= 4 is 18.0 Å². The Morgan fingerprint density at radius 1 is 1.03 bits per heavy atom. The standard InChI is InChI=1S/C27H32N2O5/c1-26(2,3)13-12-22(23(30)31)28-24(32)27(14-15-27)29-25(33)34-16-21-19-10-6-4-8-17(19)18-9-5-7-11-20(18)21/h4-11,21-22H,12-16H2,1-3H3,(H,28,32)(H,29,33)(H,30,31). The highest BCUT2D eigenvalue weighted by molar-refractivity contribution is 5.95. The molecule has 2 aromatic rings. The van der Waals surface area contributed by atoms with Gasteiger partial charge in [-0.25, -0.2) is 9.59 Å². The number of hydrogen-bond donors (Lipinski definition) is 3. The van der Waals surface area contributed by atoms with Crippen molar-refractivity contribution in [2.45, 2.75) is 64.0 Å². The Balaban J connectivity index is 1.36. The molecule has 1 saturated carbocycles. The van der Waals surface area contributed by atoms with Crippen molar-refractivity contribution < 1.29 is 24.2 Å². The van der Waals surface area contributed by atoms with Crippen molar-refractivity contribution in [1.82, 2.24) is 10.6 Å². The largest absolute Gasteiger partial charge is 0.480 e. The second kappa shape index (κ2) is 9.12. The molecular formula is C27H32N2O5. The van der Waals surface area contributed by atoms with E-state index in [0.717, 1.165) is 22.3 Å². The number of carbonyl (C=O) groups is 3. The molecule has 4 rings (SSSR count). The number of hydrogen-bond acceptors (Lipinski definition) is 4. The van der Waals surface area contributed by atoms with Gasteiger partial charge in [0.1, 0.15) is 18.2 Å².